The first-order valence-electron chi connectivity index (χ1n) is 7.72. The summed E-state index contributed by atoms with van der Waals surface area (Å²) in [6.07, 6.45) is 0.0658. The summed E-state index contributed by atoms with van der Waals surface area (Å²) in [5.41, 5.74) is 7.68. The highest BCUT2D eigenvalue weighted by atomic mass is 32.1. The minimum Gasteiger partial charge on any atom is -0.466 e. The molecule has 0 aliphatic rings. The number of amides is 1. The lowest BCUT2D eigenvalue weighted by molar-refractivity contribution is -0.671. The maximum atomic E-state index is 12.5. The molecule has 0 saturated carbocycles. The molecule has 25 heavy (non-hydrogen) atoms. The van der Waals surface area contributed by atoms with Crippen molar-refractivity contribution < 1.29 is 23.7 Å². The van der Waals surface area contributed by atoms with E-state index in [9.17, 15) is 14.4 Å². The number of nitrogens with two attached hydrogens (primary N) is 1. The van der Waals surface area contributed by atoms with Gasteiger partial charge in [-0.25, -0.2) is 4.57 Å². The normalized spacial score (nSPS) is 10.3. The van der Waals surface area contributed by atoms with E-state index in [1.54, 1.807) is 41.1 Å². The van der Waals surface area contributed by atoms with Crippen LogP contribution >= 0.6 is 11.3 Å². The summed E-state index contributed by atoms with van der Waals surface area (Å²) >= 11 is 1.27. The van der Waals surface area contributed by atoms with E-state index in [1.807, 2.05) is 0 Å². The molecule has 0 fully saturated rings. The monoisotopic (exact) mass is 362 g/mol. The van der Waals surface area contributed by atoms with E-state index in [-0.39, 0.29) is 30.6 Å². The van der Waals surface area contributed by atoms with Crippen molar-refractivity contribution in [3.8, 4) is 0 Å². The lowest BCUT2D eigenvalue weighted by atomic mass is 10.1. The number of ether oxygens (including phenoxy) is 1. The van der Waals surface area contributed by atoms with E-state index >= 15 is 0 Å². The number of carbonyl (C=O) groups excluding carboxylic acids is 3. The molecule has 1 aromatic carbocycles. The Bertz CT molecular complexity index is 784. The highest BCUT2D eigenvalue weighted by molar-refractivity contribution is 7.13. The van der Waals surface area contributed by atoms with E-state index < -0.39 is 0 Å². The Morgan fingerprint density at radius 1 is 1.24 bits per heavy atom. The van der Waals surface area contributed by atoms with Gasteiger partial charge in [-0.15, -0.1) is 0 Å². The van der Waals surface area contributed by atoms with Gasteiger partial charge in [-0.1, -0.05) is 11.3 Å². The van der Waals surface area contributed by atoms with Crippen LogP contribution in [-0.2, 0) is 27.3 Å². The Balaban J connectivity index is 2.11. The van der Waals surface area contributed by atoms with Gasteiger partial charge in [-0.3, -0.25) is 20.1 Å². The van der Waals surface area contributed by atoms with Crippen LogP contribution in [0.2, 0.25) is 0 Å². The number of thiazole rings is 1. The number of nitrogens with one attached hydrogen (secondary N) is 1. The molecule has 2 aromatic rings. The van der Waals surface area contributed by atoms with Gasteiger partial charge in [0.25, 0.3) is 0 Å². The number of ketones is 1. The van der Waals surface area contributed by atoms with Crippen LogP contribution in [-0.4, -0.2) is 24.3 Å². The van der Waals surface area contributed by atoms with Crippen molar-refractivity contribution in [2.24, 2.45) is 0 Å². The summed E-state index contributed by atoms with van der Waals surface area (Å²) in [5.74, 6) is -0.681. The third-order valence-electron chi connectivity index (χ3n) is 3.39. The van der Waals surface area contributed by atoms with Gasteiger partial charge in [0.05, 0.1) is 6.61 Å². The molecule has 1 aromatic heterocycles. The first-order chi connectivity index (χ1) is 11.9. The molecule has 8 heteroatoms. The van der Waals surface area contributed by atoms with Crippen LogP contribution in [0.4, 0.5) is 10.8 Å². The van der Waals surface area contributed by atoms with Gasteiger partial charge in [-0.05, 0) is 31.2 Å². The molecule has 0 unspecified atom stereocenters. The van der Waals surface area contributed by atoms with Gasteiger partial charge >= 0.3 is 11.1 Å². The van der Waals surface area contributed by atoms with Crippen LogP contribution in [0.3, 0.4) is 0 Å². The van der Waals surface area contributed by atoms with Crippen LogP contribution in [0.1, 0.15) is 29.9 Å². The SMILES string of the molecule is CCOC(=O)Cc1csc(N)[n+]1CC(=O)c1ccc(NC(C)=O)cc1. The van der Waals surface area contributed by atoms with E-state index in [0.29, 0.717) is 28.7 Å². The Hall–Kier alpha value is -2.74. The number of aromatic nitrogens is 1. The summed E-state index contributed by atoms with van der Waals surface area (Å²) in [4.78, 5) is 35.2. The molecular formula is C17H20N3O4S+. The highest BCUT2D eigenvalue weighted by Gasteiger charge is 2.21. The molecule has 2 rings (SSSR count). The predicted octanol–water partition coefficient (Wildman–Crippen LogP) is 1.56. The molecule has 0 aliphatic carbocycles. The van der Waals surface area contributed by atoms with E-state index in [0.717, 1.165) is 0 Å². The number of nitrogens with zero attached hydrogens (tertiary/aromatic N) is 1. The van der Waals surface area contributed by atoms with Crippen LogP contribution in [0.25, 0.3) is 0 Å². The molecule has 0 radical (unpaired) electrons. The van der Waals surface area contributed by atoms with Crippen molar-refractivity contribution in [1.82, 2.24) is 0 Å². The van der Waals surface area contributed by atoms with Crippen molar-refractivity contribution in [3.05, 3.63) is 40.9 Å². The third-order valence-corrected chi connectivity index (χ3v) is 4.24. The number of carbonyl (C=O) groups is 3. The average Bonchev–Trinajstić information content (AvgIpc) is 2.88. The maximum Gasteiger partial charge on any atom is 0.332 e. The van der Waals surface area contributed by atoms with E-state index in [4.69, 9.17) is 10.5 Å². The number of hydrogen-bond donors (Lipinski definition) is 2. The summed E-state index contributed by atoms with van der Waals surface area (Å²) in [6, 6.07) is 6.61. The highest BCUT2D eigenvalue weighted by Crippen LogP contribution is 2.13. The van der Waals surface area contributed by atoms with Crippen LogP contribution in [0, 0.1) is 0 Å². The van der Waals surface area contributed by atoms with Gasteiger partial charge in [0.15, 0.2) is 6.54 Å². The van der Waals surface area contributed by atoms with Gasteiger partial charge in [0.1, 0.15) is 12.1 Å². The van der Waals surface area contributed by atoms with Crippen LogP contribution in [0.5, 0.6) is 0 Å². The molecule has 0 atom stereocenters. The number of esters is 1. The average molecular weight is 362 g/mol. The summed E-state index contributed by atoms with van der Waals surface area (Å²) in [7, 11) is 0. The standard InChI is InChI=1S/C17H19N3O4S/c1-3-24-16(23)8-14-10-25-17(18)20(14)9-15(22)12-4-6-13(7-5-12)19-11(2)21/h4-7,10,18H,3,8-9H2,1-2H3,(H,19,21,22)/p+1. The fourth-order valence-electron chi connectivity index (χ4n) is 2.25. The summed E-state index contributed by atoms with van der Waals surface area (Å²) < 4.78 is 6.55. The lowest BCUT2D eigenvalue weighted by Crippen LogP contribution is -2.43. The zero-order valence-corrected chi connectivity index (χ0v) is 14.9. The van der Waals surface area contributed by atoms with E-state index in [2.05, 4.69) is 5.32 Å². The second-order valence-electron chi connectivity index (χ2n) is 5.31. The second-order valence-corrected chi connectivity index (χ2v) is 6.20. The van der Waals surface area contributed by atoms with Gasteiger partial charge < -0.3 is 10.1 Å². The second kappa shape index (κ2) is 8.39. The van der Waals surface area contributed by atoms with Crippen molar-refractivity contribution in [3.63, 3.8) is 0 Å². The van der Waals surface area contributed by atoms with Crippen LogP contribution < -0.4 is 15.6 Å². The molecule has 3 N–H and O–H groups in total. The fourth-order valence-corrected chi connectivity index (χ4v) is 3.03. The Kier molecular flexibility index (Phi) is 6.24. The third kappa shape index (κ3) is 5.12. The Morgan fingerprint density at radius 2 is 1.92 bits per heavy atom. The summed E-state index contributed by atoms with van der Waals surface area (Å²) in [6.45, 7) is 3.49. The zero-order chi connectivity index (χ0) is 18.4. The number of Topliss-reactive ketones (excluding diaryl/α,β-unsaturated/α-hetero) is 1. The number of rotatable bonds is 7. The minimum atomic E-state index is -0.360. The molecule has 1 amide bonds. The van der Waals surface area contributed by atoms with Gasteiger partial charge in [-0.2, -0.15) is 0 Å². The quantitative estimate of drug-likeness (QED) is 0.442. The largest absolute Gasteiger partial charge is 0.466 e. The Labute approximate surface area is 149 Å². The predicted molar refractivity (Wildman–Crippen MR) is 94.3 cm³/mol. The fraction of sp³-hybridized carbons (Fsp3) is 0.294. The summed E-state index contributed by atoms with van der Waals surface area (Å²) in [5, 5.41) is 4.84. The van der Waals surface area contributed by atoms with Crippen molar-refractivity contribution in [1.29, 1.82) is 0 Å². The molecule has 132 valence electrons. The molecular weight excluding hydrogens is 342 g/mol. The van der Waals surface area contributed by atoms with E-state index in [1.165, 1.54) is 18.3 Å². The number of nitrogen functional groups attached to an aromatic ring is 1. The maximum absolute atomic E-state index is 12.5. The topological polar surface area (TPSA) is 102 Å². The van der Waals surface area contributed by atoms with Crippen LogP contribution in [0.15, 0.2) is 29.6 Å². The zero-order valence-electron chi connectivity index (χ0n) is 14.1. The minimum absolute atomic E-state index is 0.0313. The first-order valence-corrected chi connectivity index (χ1v) is 8.60. The number of anilines is 2. The molecule has 0 aliphatic heterocycles. The van der Waals surface area contributed by atoms with Crippen molar-refractivity contribution in [2.75, 3.05) is 17.7 Å². The number of benzene rings is 1. The van der Waals surface area contributed by atoms with Crippen molar-refractivity contribution >= 4 is 39.8 Å². The van der Waals surface area contributed by atoms with Gasteiger partial charge in [0, 0.05) is 23.6 Å². The Morgan fingerprint density at radius 3 is 2.52 bits per heavy atom. The molecule has 0 spiro atoms. The van der Waals surface area contributed by atoms with Crippen molar-refractivity contribution in [2.45, 2.75) is 26.8 Å². The molecule has 0 bridgehead atoms. The molecule has 1 heterocycles. The smallest absolute Gasteiger partial charge is 0.332 e. The molecule has 0 saturated heterocycles. The molecule has 7 nitrogen and oxygen atoms in total. The first kappa shape index (κ1) is 18.6. The van der Waals surface area contributed by atoms with Gasteiger partial charge in [0.2, 0.25) is 11.7 Å². The lowest BCUT2D eigenvalue weighted by Gasteiger charge is -2.06. The number of hydrogen-bond acceptors (Lipinski definition) is 6.